The molecule has 2 fully saturated rings. The minimum atomic E-state index is 0.957. The van der Waals surface area contributed by atoms with Crippen molar-refractivity contribution in [2.75, 3.05) is 26.2 Å². The zero-order valence-electron chi connectivity index (χ0n) is 13.2. The average molecular weight is 353 g/mol. The molecule has 0 amide bonds. The van der Waals surface area contributed by atoms with Crippen LogP contribution in [0.1, 0.15) is 38.2 Å². The number of nitrogens with one attached hydrogen (secondary N) is 2. The summed E-state index contributed by atoms with van der Waals surface area (Å²) >= 11 is 3.69. The van der Waals surface area contributed by atoms with Crippen molar-refractivity contribution in [1.29, 1.82) is 0 Å². The monoisotopic (exact) mass is 352 g/mol. The molecule has 0 spiro atoms. The number of hydrogen-bond donors (Lipinski definition) is 2. The van der Waals surface area contributed by atoms with E-state index in [1.807, 2.05) is 4.90 Å². The van der Waals surface area contributed by atoms with Gasteiger partial charge in [0.1, 0.15) is 32.7 Å². The number of halogens is 1. The number of benzene rings is 1. The highest BCUT2D eigenvalue weighted by molar-refractivity contribution is 9.10. The van der Waals surface area contributed by atoms with Crippen LogP contribution in [0.15, 0.2) is 28.7 Å². The fourth-order valence-electron chi connectivity index (χ4n) is 4.23. The van der Waals surface area contributed by atoms with Crippen LogP contribution in [0, 0.1) is 5.92 Å². The molecule has 1 saturated carbocycles. The van der Waals surface area contributed by atoms with Crippen molar-refractivity contribution in [3.8, 4) is 0 Å². The largest absolute Gasteiger partial charge is 0.323 e. The van der Waals surface area contributed by atoms with Gasteiger partial charge in [-0.1, -0.05) is 47.5 Å². The Hall–Kier alpha value is -0.380. The summed E-state index contributed by atoms with van der Waals surface area (Å²) in [4.78, 5) is 3.66. The molecule has 0 radical (unpaired) electrons. The van der Waals surface area contributed by atoms with Gasteiger partial charge in [0.05, 0.1) is 6.04 Å². The Morgan fingerprint density at radius 2 is 1.86 bits per heavy atom. The van der Waals surface area contributed by atoms with Crippen molar-refractivity contribution in [2.24, 2.45) is 5.92 Å². The summed E-state index contributed by atoms with van der Waals surface area (Å²) in [7, 11) is 0. The summed E-state index contributed by atoms with van der Waals surface area (Å²) in [6.45, 7) is 9.03. The van der Waals surface area contributed by atoms with E-state index in [0.717, 1.165) is 12.0 Å². The van der Waals surface area contributed by atoms with E-state index in [0.29, 0.717) is 0 Å². The number of rotatable bonds is 3. The van der Waals surface area contributed by atoms with Crippen LogP contribution in [0.3, 0.4) is 0 Å². The van der Waals surface area contributed by atoms with Gasteiger partial charge in [0.25, 0.3) is 0 Å². The standard InChI is InChI=1S/C18H27BrN2/c1-15-5-4-7-17(13-15)21-11-9-20(10-12-21)14-16-6-2-3-8-18(16)19/h2-3,6,8,15,17H,4-5,7,9-14H2,1H3/p+2/t15-,17-/m0/s1. The van der Waals surface area contributed by atoms with Crippen molar-refractivity contribution in [1.82, 2.24) is 0 Å². The Bertz CT molecular complexity index is 454. The second kappa shape index (κ2) is 7.26. The topological polar surface area (TPSA) is 8.88 Å². The van der Waals surface area contributed by atoms with Gasteiger partial charge in [-0.05, 0) is 24.8 Å². The van der Waals surface area contributed by atoms with E-state index in [-0.39, 0.29) is 0 Å². The lowest BCUT2D eigenvalue weighted by molar-refractivity contribution is -1.03. The van der Waals surface area contributed by atoms with Gasteiger partial charge < -0.3 is 9.80 Å². The smallest absolute Gasteiger partial charge is 0.127 e. The maximum Gasteiger partial charge on any atom is 0.127 e. The summed E-state index contributed by atoms with van der Waals surface area (Å²) in [5, 5.41) is 0. The molecular weight excluding hydrogens is 324 g/mol. The molecule has 2 nitrogen and oxygen atoms in total. The Labute approximate surface area is 137 Å². The Balaban J connectivity index is 1.50. The predicted octanol–water partition coefficient (Wildman–Crippen LogP) is 1.31. The van der Waals surface area contributed by atoms with E-state index in [9.17, 15) is 0 Å². The Morgan fingerprint density at radius 1 is 1.10 bits per heavy atom. The summed E-state index contributed by atoms with van der Waals surface area (Å²) < 4.78 is 1.27. The van der Waals surface area contributed by atoms with Crippen molar-refractivity contribution in [3.05, 3.63) is 34.3 Å². The summed E-state index contributed by atoms with van der Waals surface area (Å²) in [6.07, 6.45) is 5.86. The summed E-state index contributed by atoms with van der Waals surface area (Å²) in [6, 6.07) is 9.65. The van der Waals surface area contributed by atoms with E-state index >= 15 is 0 Å². The van der Waals surface area contributed by atoms with Crippen LogP contribution in [-0.2, 0) is 6.54 Å². The molecule has 2 atom stereocenters. The SMILES string of the molecule is C[C@H]1CCC[C@H]([NH+]2CC[NH+](Cc3ccccc3Br)CC2)C1. The lowest BCUT2D eigenvalue weighted by atomic mass is 9.86. The zero-order valence-corrected chi connectivity index (χ0v) is 14.8. The van der Waals surface area contributed by atoms with Crippen LogP contribution < -0.4 is 9.80 Å². The van der Waals surface area contributed by atoms with Gasteiger partial charge >= 0.3 is 0 Å². The van der Waals surface area contributed by atoms with Crippen molar-refractivity contribution in [3.63, 3.8) is 0 Å². The summed E-state index contributed by atoms with van der Waals surface area (Å²) in [5.41, 5.74) is 1.46. The quantitative estimate of drug-likeness (QED) is 0.811. The minimum absolute atomic E-state index is 0.957. The van der Waals surface area contributed by atoms with E-state index in [1.165, 1.54) is 68.4 Å². The maximum absolute atomic E-state index is 3.69. The predicted molar refractivity (Wildman–Crippen MR) is 90.7 cm³/mol. The minimum Gasteiger partial charge on any atom is -0.323 e. The number of piperazine rings is 1. The van der Waals surface area contributed by atoms with Gasteiger partial charge in [-0.3, -0.25) is 0 Å². The molecule has 1 heterocycles. The third kappa shape index (κ3) is 4.08. The lowest BCUT2D eigenvalue weighted by Crippen LogP contribution is -3.29. The lowest BCUT2D eigenvalue weighted by Gasteiger charge is -2.37. The van der Waals surface area contributed by atoms with Crippen molar-refractivity contribution >= 4 is 15.9 Å². The molecule has 1 aromatic rings. The second-order valence-corrected chi connectivity index (χ2v) is 8.00. The van der Waals surface area contributed by atoms with Crippen LogP contribution in [0.4, 0.5) is 0 Å². The number of quaternary nitrogens is 2. The molecule has 116 valence electrons. The number of hydrogen-bond acceptors (Lipinski definition) is 0. The van der Waals surface area contributed by atoms with Gasteiger partial charge in [0.2, 0.25) is 0 Å². The zero-order chi connectivity index (χ0) is 14.7. The average Bonchev–Trinajstić information content (AvgIpc) is 2.50. The molecule has 0 unspecified atom stereocenters. The molecule has 1 saturated heterocycles. The molecule has 1 aliphatic carbocycles. The maximum atomic E-state index is 3.69. The van der Waals surface area contributed by atoms with Gasteiger partial charge in [-0.25, -0.2) is 0 Å². The highest BCUT2D eigenvalue weighted by Crippen LogP contribution is 2.21. The van der Waals surface area contributed by atoms with Crippen LogP contribution in [0.5, 0.6) is 0 Å². The van der Waals surface area contributed by atoms with Gasteiger partial charge in [0.15, 0.2) is 0 Å². The third-order valence-corrected chi connectivity index (χ3v) is 6.28. The Morgan fingerprint density at radius 3 is 2.57 bits per heavy atom. The first-order chi connectivity index (χ1) is 10.2. The fourth-order valence-corrected chi connectivity index (χ4v) is 4.65. The second-order valence-electron chi connectivity index (χ2n) is 7.15. The molecule has 0 bridgehead atoms. The molecule has 2 N–H and O–H groups in total. The third-order valence-electron chi connectivity index (χ3n) is 5.51. The van der Waals surface area contributed by atoms with Crippen molar-refractivity contribution < 1.29 is 9.80 Å². The van der Waals surface area contributed by atoms with Crippen LogP contribution in [0.2, 0.25) is 0 Å². The van der Waals surface area contributed by atoms with Crippen LogP contribution in [-0.4, -0.2) is 32.2 Å². The highest BCUT2D eigenvalue weighted by Gasteiger charge is 2.32. The molecule has 3 rings (SSSR count). The molecule has 1 aromatic carbocycles. The first-order valence-electron chi connectivity index (χ1n) is 8.64. The first-order valence-corrected chi connectivity index (χ1v) is 9.43. The molecule has 1 aliphatic heterocycles. The van der Waals surface area contributed by atoms with Gasteiger partial charge in [0, 0.05) is 16.5 Å². The van der Waals surface area contributed by atoms with E-state index in [2.05, 4.69) is 47.1 Å². The van der Waals surface area contributed by atoms with Crippen LogP contribution >= 0.6 is 15.9 Å². The van der Waals surface area contributed by atoms with Gasteiger partial charge in [-0.2, -0.15) is 0 Å². The molecular formula is C18H29BrN2+2. The first kappa shape index (κ1) is 15.5. The van der Waals surface area contributed by atoms with Crippen molar-refractivity contribution in [2.45, 2.75) is 45.2 Å². The normalized spacial score (nSPS) is 33.8. The van der Waals surface area contributed by atoms with E-state index < -0.39 is 0 Å². The van der Waals surface area contributed by atoms with Crippen LogP contribution in [0.25, 0.3) is 0 Å². The van der Waals surface area contributed by atoms with Gasteiger partial charge in [-0.15, -0.1) is 0 Å². The molecule has 2 aliphatic rings. The summed E-state index contributed by atoms with van der Waals surface area (Å²) in [5.74, 6) is 0.960. The molecule has 0 aromatic heterocycles. The molecule has 3 heteroatoms. The highest BCUT2D eigenvalue weighted by atomic mass is 79.9. The Kier molecular flexibility index (Phi) is 5.36. The fraction of sp³-hybridized carbons (Fsp3) is 0.667. The molecule has 21 heavy (non-hydrogen) atoms. The van der Waals surface area contributed by atoms with E-state index in [4.69, 9.17) is 0 Å². The van der Waals surface area contributed by atoms with E-state index in [1.54, 1.807) is 4.90 Å².